The first-order valence-electron chi connectivity index (χ1n) is 9.74. The van der Waals surface area contributed by atoms with Gasteiger partial charge in [0.1, 0.15) is 18.7 Å². The van der Waals surface area contributed by atoms with Crippen LogP contribution in [0.2, 0.25) is 0 Å². The van der Waals surface area contributed by atoms with Crippen molar-refractivity contribution in [2.75, 3.05) is 13.1 Å². The molecule has 1 aromatic rings. The summed E-state index contributed by atoms with van der Waals surface area (Å²) in [6.45, 7) is 6.58. The maximum atomic E-state index is 13.0. The maximum absolute atomic E-state index is 13.0. The van der Waals surface area contributed by atoms with E-state index in [2.05, 4.69) is 0 Å². The Balaban J connectivity index is 2.25. The summed E-state index contributed by atoms with van der Waals surface area (Å²) in [6.07, 6.45) is 1.15. The molecule has 2 rings (SSSR count). The van der Waals surface area contributed by atoms with Crippen LogP contribution in [-0.2, 0) is 16.0 Å². The quantitative estimate of drug-likeness (QED) is 0.528. The number of para-hydroxylation sites is 1. The number of rotatable bonds is 10. The second-order valence-electron chi connectivity index (χ2n) is 7.61. The highest BCUT2D eigenvalue weighted by molar-refractivity contribution is 7.95. The Bertz CT molecular complexity index is 779. The van der Waals surface area contributed by atoms with E-state index in [-0.39, 0.29) is 11.8 Å². The third-order valence-corrected chi connectivity index (χ3v) is 5.65. The van der Waals surface area contributed by atoms with Gasteiger partial charge in [0.15, 0.2) is 11.5 Å². The van der Waals surface area contributed by atoms with Gasteiger partial charge in [-0.05, 0) is 32.8 Å². The zero-order valence-electron chi connectivity index (χ0n) is 17.6. The largest absolute Gasteiger partial charge is 0.483 e. The highest BCUT2D eigenvalue weighted by atomic mass is 32.2. The number of nitrogens with zero attached hydrogens (tertiary/aromatic N) is 2. The minimum absolute atomic E-state index is 0.276. The van der Waals surface area contributed by atoms with Crippen molar-refractivity contribution in [3.8, 4) is 11.5 Å². The van der Waals surface area contributed by atoms with Gasteiger partial charge in [0, 0.05) is 30.2 Å². The van der Waals surface area contributed by atoms with Crippen LogP contribution in [0.4, 0.5) is 4.79 Å². The van der Waals surface area contributed by atoms with Crippen molar-refractivity contribution in [1.29, 1.82) is 0 Å². The molecule has 0 bridgehead atoms. The molecule has 1 amide bonds. The molecule has 0 saturated carbocycles. The van der Waals surface area contributed by atoms with E-state index in [9.17, 15) is 14.4 Å². The third-order valence-electron chi connectivity index (χ3n) is 4.53. The first-order chi connectivity index (χ1) is 14.1. The molecule has 0 atom stereocenters. The van der Waals surface area contributed by atoms with Crippen molar-refractivity contribution in [2.45, 2.75) is 58.6 Å². The number of carboxylic acid groups (broad SMARTS) is 2. The van der Waals surface area contributed by atoms with Crippen molar-refractivity contribution in [2.24, 2.45) is 0 Å². The topological polar surface area (TPSA) is 117 Å². The smallest absolute Gasteiger partial charge is 0.426 e. The average molecular weight is 441 g/mol. The summed E-state index contributed by atoms with van der Waals surface area (Å²) in [5.74, 6) is -1.60. The van der Waals surface area contributed by atoms with Crippen LogP contribution in [0.5, 0.6) is 11.5 Å². The number of carboxylic acids is 2. The van der Waals surface area contributed by atoms with E-state index in [1.54, 1.807) is 12.1 Å². The summed E-state index contributed by atoms with van der Waals surface area (Å²) in [7, 11) is 0. The van der Waals surface area contributed by atoms with Gasteiger partial charge >= 0.3 is 18.0 Å². The standard InChI is InChI=1S/C20H28N2O7S/c1-5-14(6-2)22(30-21(11-16(23)24)12-17(25)26)19(27)28-15-9-7-8-13-10-20(3,4)29-18(13)15/h7-9,14H,5-6,10-12H2,1-4H3,(H,23,24)(H,25,26). The van der Waals surface area contributed by atoms with Gasteiger partial charge in [-0.15, -0.1) is 0 Å². The number of aliphatic carboxylic acids is 2. The lowest BCUT2D eigenvalue weighted by Crippen LogP contribution is -2.41. The van der Waals surface area contributed by atoms with Crippen LogP contribution in [0.1, 0.15) is 46.1 Å². The summed E-state index contributed by atoms with van der Waals surface area (Å²) in [5, 5.41) is 18.2. The van der Waals surface area contributed by atoms with Crippen LogP contribution in [0.3, 0.4) is 0 Å². The minimum atomic E-state index is -1.20. The van der Waals surface area contributed by atoms with E-state index < -0.39 is 36.7 Å². The summed E-state index contributed by atoms with van der Waals surface area (Å²) in [4.78, 5) is 35.3. The summed E-state index contributed by atoms with van der Waals surface area (Å²) >= 11 is 0.754. The van der Waals surface area contributed by atoms with Gasteiger partial charge in [-0.2, -0.15) is 0 Å². The van der Waals surface area contributed by atoms with Crippen molar-refractivity contribution >= 4 is 30.2 Å². The first kappa shape index (κ1) is 23.8. The number of hydrogen-bond donors (Lipinski definition) is 2. The third kappa shape index (κ3) is 6.27. The molecule has 0 fully saturated rings. The van der Waals surface area contributed by atoms with E-state index in [1.165, 1.54) is 4.31 Å². The molecule has 1 heterocycles. The van der Waals surface area contributed by atoms with Gasteiger partial charge in [-0.1, -0.05) is 26.0 Å². The number of benzene rings is 1. The van der Waals surface area contributed by atoms with Crippen molar-refractivity contribution in [3.63, 3.8) is 0 Å². The number of ether oxygens (including phenoxy) is 2. The summed E-state index contributed by atoms with van der Waals surface area (Å²) in [5.41, 5.74) is 0.527. The molecule has 0 radical (unpaired) electrons. The molecule has 166 valence electrons. The number of carbonyl (C=O) groups excluding carboxylic acids is 1. The Hall–Kier alpha value is -2.46. The fourth-order valence-corrected chi connectivity index (χ4v) is 4.34. The van der Waals surface area contributed by atoms with Gasteiger partial charge in [0.2, 0.25) is 0 Å². The molecule has 30 heavy (non-hydrogen) atoms. The molecule has 0 aromatic heterocycles. The summed E-state index contributed by atoms with van der Waals surface area (Å²) in [6, 6.07) is 5.06. The van der Waals surface area contributed by atoms with Gasteiger partial charge in [0.25, 0.3) is 0 Å². The van der Waals surface area contributed by atoms with Gasteiger partial charge < -0.3 is 19.7 Å². The Morgan fingerprint density at radius 2 is 1.77 bits per heavy atom. The van der Waals surface area contributed by atoms with Crippen molar-refractivity contribution in [3.05, 3.63) is 23.8 Å². The van der Waals surface area contributed by atoms with Crippen LogP contribution >= 0.6 is 12.1 Å². The second kappa shape index (κ2) is 10.0. The van der Waals surface area contributed by atoms with E-state index >= 15 is 0 Å². The fourth-order valence-electron chi connectivity index (χ4n) is 3.22. The molecule has 0 saturated heterocycles. The highest BCUT2D eigenvalue weighted by Gasteiger charge is 2.34. The van der Waals surface area contributed by atoms with Crippen LogP contribution < -0.4 is 9.47 Å². The van der Waals surface area contributed by atoms with E-state index in [0.717, 1.165) is 22.0 Å². The van der Waals surface area contributed by atoms with Crippen molar-refractivity contribution < 1.29 is 34.1 Å². The van der Waals surface area contributed by atoms with Crippen LogP contribution in [0.15, 0.2) is 18.2 Å². The molecule has 9 nitrogen and oxygen atoms in total. The molecule has 1 aliphatic rings. The summed E-state index contributed by atoms with van der Waals surface area (Å²) < 4.78 is 14.0. The molecular formula is C20H28N2O7S. The van der Waals surface area contributed by atoms with Gasteiger partial charge in [-0.25, -0.2) is 13.4 Å². The van der Waals surface area contributed by atoms with E-state index in [1.807, 2.05) is 33.8 Å². The molecule has 1 aliphatic heterocycles. The molecular weight excluding hydrogens is 412 g/mol. The predicted octanol–water partition coefficient (Wildman–Crippen LogP) is 3.42. The number of amides is 1. The fraction of sp³-hybridized carbons (Fsp3) is 0.550. The Morgan fingerprint density at radius 3 is 2.30 bits per heavy atom. The highest BCUT2D eigenvalue weighted by Crippen LogP contribution is 2.42. The lowest BCUT2D eigenvalue weighted by molar-refractivity contribution is -0.139. The van der Waals surface area contributed by atoms with E-state index in [0.29, 0.717) is 25.0 Å². The Morgan fingerprint density at radius 1 is 1.17 bits per heavy atom. The van der Waals surface area contributed by atoms with Gasteiger partial charge in [0.05, 0.1) is 0 Å². The first-order valence-corrected chi connectivity index (χ1v) is 10.5. The maximum Gasteiger partial charge on any atom is 0.426 e. The van der Waals surface area contributed by atoms with Crippen LogP contribution in [0, 0.1) is 0 Å². The zero-order valence-corrected chi connectivity index (χ0v) is 18.4. The molecule has 0 unspecified atom stereocenters. The molecule has 0 aliphatic carbocycles. The van der Waals surface area contributed by atoms with Crippen molar-refractivity contribution in [1.82, 2.24) is 8.61 Å². The number of fused-ring (bicyclic) bond motifs is 1. The number of carbonyl (C=O) groups is 3. The lowest BCUT2D eigenvalue weighted by atomic mass is 10.0. The lowest BCUT2D eigenvalue weighted by Gasteiger charge is -2.31. The SMILES string of the molecule is CCC(CC)N(SN(CC(=O)O)CC(=O)O)C(=O)Oc1cccc2c1OC(C)(C)C2. The second-order valence-corrected chi connectivity index (χ2v) is 8.69. The van der Waals surface area contributed by atoms with Crippen LogP contribution in [0.25, 0.3) is 0 Å². The normalized spacial score (nSPS) is 14.3. The number of hydrogen-bond acceptors (Lipinski definition) is 7. The van der Waals surface area contributed by atoms with Gasteiger partial charge in [-0.3, -0.25) is 9.59 Å². The monoisotopic (exact) mass is 440 g/mol. The van der Waals surface area contributed by atoms with Crippen LogP contribution in [-0.4, -0.2) is 61.6 Å². The molecule has 2 N–H and O–H groups in total. The Kier molecular flexibility index (Phi) is 7.96. The molecule has 1 aromatic carbocycles. The Labute approximate surface area is 180 Å². The van der Waals surface area contributed by atoms with E-state index in [4.69, 9.17) is 19.7 Å². The average Bonchev–Trinajstić information content (AvgIpc) is 2.95. The predicted molar refractivity (Wildman–Crippen MR) is 112 cm³/mol. The minimum Gasteiger partial charge on any atom is -0.483 e. The molecule has 10 heteroatoms. The zero-order chi connectivity index (χ0) is 22.5. The molecule has 0 spiro atoms.